The van der Waals surface area contributed by atoms with Crippen molar-refractivity contribution < 1.29 is 17.9 Å². The predicted molar refractivity (Wildman–Crippen MR) is 63.0 cm³/mol. The lowest BCUT2D eigenvalue weighted by Crippen LogP contribution is -2.20. The molecule has 0 amide bonds. The standard InChI is InChI=1S/C10H11N3O4S/c1-17-10(14)4-5-18(15,16)13-9-3-2-8(6-11)7-12-9/h2-3,7H,4-5H2,1H3,(H,12,13). The molecule has 0 aromatic carbocycles. The van der Waals surface area contributed by atoms with E-state index in [1.807, 2.05) is 6.07 Å². The molecule has 0 radical (unpaired) electrons. The fourth-order valence-electron chi connectivity index (χ4n) is 1.05. The summed E-state index contributed by atoms with van der Waals surface area (Å²) in [5, 5.41) is 8.55. The Morgan fingerprint density at radius 2 is 2.28 bits per heavy atom. The highest BCUT2D eigenvalue weighted by molar-refractivity contribution is 7.92. The summed E-state index contributed by atoms with van der Waals surface area (Å²) in [5.74, 6) is -0.895. The minimum Gasteiger partial charge on any atom is -0.469 e. The highest BCUT2D eigenvalue weighted by atomic mass is 32.2. The molecule has 0 aliphatic rings. The van der Waals surface area contributed by atoms with Crippen LogP contribution in [0.25, 0.3) is 0 Å². The molecule has 8 heteroatoms. The van der Waals surface area contributed by atoms with Gasteiger partial charge in [-0.3, -0.25) is 9.52 Å². The van der Waals surface area contributed by atoms with Crippen LogP contribution in [-0.2, 0) is 19.6 Å². The molecule has 1 rings (SSSR count). The summed E-state index contributed by atoms with van der Waals surface area (Å²) in [4.78, 5) is 14.6. The summed E-state index contributed by atoms with van der Waals surface area (Å²) in [6.07, 6.45) is 1.01. The lowest BCUT2D eigenvalue weighted by atomic mass is 10.3. The van der Waals surface area contributed by atoms with Crippen LogP contribution in [-0.4, -0.2) is 32.2 Å². The van der Waals surface area contributed by atoms with Crippen molar-refractivity contribution in [1.82, 2.24) is 4.98 Å². The van der Waals surface area contributed by atoms with Crippen molar-refractivity contribution in [3.05, 3.63) is 23.9 Å². The molecule has 0 unspecified atom stereocenters. The first kappa shape index (κ1) is 13.9. The van der Waals surface area contributed by atoms with Crippen molar-refractivity contribution in [2.45, 2.75) is 6.42 Å². The summed E-state index contributed by atoms with van der Waals surface area (Å²) < 4.78 is 29.6. The number of carbonyl (C=O) groups is 1. The van der Waals surface area contributed by atoms with Crippen LogP contribution in [0.3, 0.4) is 0 Å². The summed E-state index contributed by atoms with van der Waals surface area (Å²) in [6.45, 7) is 0. The number of nitrogens with one attached hydrogen (secondary N) is 1. The Hall–Kier alpha value is -2.14. The number of nitrogens with zero attached hydrogens (tertiary/aromatic N) is 2. The number of hydrogen-bond donors (Lipinski definition) is 1. The van der Waals surface area contributed by atoms with E-state index in [9.17, 15) is 13.2 Å². The third-order valence-electron chi connectivity index (χ3n) is 1.96. The highest BCUT2D eigenvalue weighted by Crippen LogP contribution is 2.07. The van der Waals surface area contributed by atoms with Gasteiger partial charge in [0.1, 0.15) is 11.9 Å². The SMILES string of the molecule is COC(=O)CCS(=O)(=O)Nc1ccc(C#N)cn1. The minimum atomic E-state index is -3.66. The third kappa shape index (κ3) is 4.39. The molecule has 0 fully saturated rings. The van der Waals surface area contributed by atoms with E-state index < -0.39 is 16.0 Å². The number of pyridine rings is 1. The molecule has 1 aromatic rings. The van der Waals surface area contributed by atoms with Crippen LogP contribution in [0.5, 0.6) is 0 Å². The number of hydrogen-bond acceptors (Lipinski definition) is 6. The van der Waals surface area contributed by atoms with Crippen LogP contribution in [0.15, 0.2) is 18.3 Å². The molecule has 7 nitrogen and oxygen atoms in total. The molecule has 18 heavy (non-hydrogen) atoms. The second-order valence-electron chi connectivity index (χ2n) is 3.29. The average Bonchev–Trinajstić information content (AvgIpc) is 2.36. The molecule has 1 N–H and O–H groups in total. The van der Waals surface area contributed by atoms with Crippen molar-refractivity contribution in [2.75, 3.05) is 17.6 Å². The number of aromatic nitrogens is 1. The summed E-state index contributed by atoms with van der Waals surface area (Å²) in [6, 6.07) is 4.67. The van der Waals surface area contributed by atoms with Crippen LogP contribution >= 0.6 is 0 Å². The lowest BCUT2D eigenvalue weighted by Gasteiger charge is -2.06. The first-order chi connectivity index (χ1) is 8.46. The van der Waals surface area contributed by atoms with Gasteiger partial charge in [0.25, 0.3) is 0 Å². The molecule has 0 saturated heterocycles. The van der Waals surface area contributed by atoms with Gasteiger partial charge in [-0.05, 0) is 12.1 Å². The van der Waals surface area contributed by atoms with Gasteiger partial charge in [0.05, 0.1) is 24.8 Å². The molecule has 96 valence electrons. The van der Waals surface area contributed by atoms with E-state index >= 15 is 0 Å². The fraction of sp³-hybridized carbons (Fsp3) is 0.300. The highest BCUT2D eigenvalue weighted by Gasteiger charge is 2.14. The maximum atomic E-state index is 11.6. The van der Waals surface area contributed by atoms with Gasteiger partial charge in [0, 0.05) is 6.20 Å². The quantitative estimate of drug-likeness (QED) is 0.768. The topological polar surface area (TPSA) is 109 Å². The Morgan fingerprint density at radius 3 is 2.78 bits per heavy atom. The molecular weight excluding hydrogens is 258 g/mol. The molecule has 1 aromatic heterocycles. The van der Waals surface area contributed by atoms with Crippen molar-refractivity contribution >= 4 is 21.8 Å². The molecule has 0 saturated carbocycles. The number of rotatable bonds is 5. The lowest BCUT2D eigenvalue weighted by molar-refractivity contribution is -0.140. The van der Waals surface area contributed by atoms with Gasteiger partial charge in [-0.25, -0.2) is 13.4 Å². The zero-order chi connectivity index (χ0) is 13.6. The van der Waals surface area contributed by atoms with Gasteiger partial charge >= 0.3 is 5.97 Å². The average molecular weight is 269 g/mol. The molecule has 1 heterocycles. The van der Waals surface area contributed by atoms with Crippen LogP contribution in [0.4, 0.5) is 5.82 Å². The van der Waals surface area contributed by atoms with E-state index in [-0.39, 0.29) is 18.0 Å². The van der Waals surface area contributed by atoms with E-state index in [2.05, 4.69) is 14.4 Å². The van der Waals surface area contributed by atoms with E-state index in [1.165, 1.54) is 25.4 Å². The largest absolute Gasteiger partial charge is 0.469 e. The first-order valence-electron chi connectivity index (χ1n) is 4.90. The summed E-state index contributed by atoms with van der Waals surface area (Å²) in [5.41, 5.74) is 0.326. The number of anilines is 1. The van der Waals surface area contributed by atoms with E-state index in [0.717, 1.165) is 0 Å². The Bertz CT molecular complexity index is 560. The summed E-state index contributed by atoms with van der Waals surface area (Å²) in [7, 11) is -2.47. The normalized spacial score (nSPS) is 10.4. The van der Waals surface area contributed by atoms with Crippen molar-refractivity contribution in [2.24, 2.45) is 0 Å². The van der Waals surface area contributed by atoms with Gasteiger partial charge in [-0.1, -0.05) is 0 Å². The Balaban J connectivity index is 2.65. The maximum absolute atomic E-state index is 11.6. The second-order valence-corrected chi connectivity index (χ2v) is 5.13. The van der Waals surface area contributed by atoms with Gasteiger partial charge in [0.2, 0.25) is 10.0 Å². The van der Waals surface area contributed by atoms with Crippen LogP contribution < -0.4 is 4.72 Å². The van der Waals surface area contributed by atoms with E-state index in [4.69, 9.17) is 5.26 Å². The molecule has 0 atom stereocenters. The smallest absolute Gasteiger partial charge is 0.306 e. The number of esters is 1. The molecular formula is C10H11N3O4S. The minimum absolute atomic E-state index is 0.0962. The molecule has 0 aliphatic carbocycles. The Morgan fingerprint density at radius 1 is 1.56 bits per heavy atom. The van der Waals surface area contributed by atoms with Crippen molar-refractivity contribution in [3.8, 4) is 6.07 Å². The van der Waals surface area contributed by atoms with E-state index in [0.29, 0.717) is 5.56 Å². The van der Waals surface area contributed by atoms with E-state index in [1.54, 1.807) is 0 Å². The summed E-state index contributed by atoms with van der Waals surface area (Å²) >= 11 is 0. The van der Waals surface area contributed by atoms with Crippen molar-refractivity contribution in [3.63, 3.8) is 0 Å². The van der Waals surface area contributed by atoms with Gasteiger partial charge in [-0.2, -0.15) is 5.26 Å². The predicted octanol–water partition coefficient (Wildman–Crippen LogP) is 0.258. The number of methoxy groups -OCH3 is 1. The Labute approximate surface area is 104 Å². The zero-order valence-electron chi connectivity index (χ0n) is 9.58. The van der Waals surface area contributed by atoms with Crippen LogP contribution in [0.1, 0.15) is 12.0 Å². The van der Waals surface area contributed by atoms with Gasteiger partial charge < -0.3 is 4.74 Å². The fourth-order valence-corrected chi connectivity index (χ4v) is 2.03. The number of carbonyl (C=O) groups excluding carboxylic acids is 1. The first-order valence-corrected chi connectivity index (χ1v) is 6.55. The molecule has 0 aliphatic heterocycles. The zero-order valence-corrected chi connectivity index (χ0v) is 10.4. The maximum Gasteiger partial charge on any atom is 0.306 e. The van der Waals surface area contributed by atoms with Gasteiger partial charge in [0.15, 0.2) is 0 Å². The number of sulfonamides is 1. The van der Waals surface area contributed by atoms with Crippen LogP contribution in [0.2, 0.25) is 0 Å². The molecule has 0 bridgehead atoms. The Kier molecular flexibility index (Phi) is 4.62. The molecule has 0 spiro atoms. The number of ether oxygens (including phenoxy) is 1. The third-order valence-corrected chi connectivity index (χ3v) is 3.22. The van der Waals surface area contributed by atoms with Crippen LogP contribution in [0, 0.1) is 11.3 Å². The monoisotopic (exact) mass is 269 g/mol. The number of nitriles is 1. The van der Waals surface area contributed by atoms with Crippen molar-refractivity contribution in [1.29, 1.82) is 5.26 Å². The second kappa shape index (κ2) is 5.97. The van der Waals surface area contributed by atoms with Gasteiger partial charge in [-0.15, -0.1) is 0 Å².